The number of aliphatic carboxylic acids is 1. The molecule has 7 nitrogen and oxygen atoms in total. The number of hydrogen-bond donors (Lipinski definition) is 3. The van der Waals surface area contributed by atoms with E-state index in [4.69, 9.17) is 10.8 Å². The van der Waals surface area contributed by atoms with E-state index < -0.39 is 36.4 Å². The number of carboxylic acids is 1. The predicted molar refractivity (Wildman–Crippen MR) is 84.4 cm³/mol. The van der Waals surface area contributed by atoms with E-state index in [1.807, 2.05) is 6.08 Å². The Morgan fingerprint density at radius 3 is 2.35 bits per heavy atom. The SMILES string of the molecule is COC(=O)C(C=CC(C(C)C)C1CC1)NC(=O)[C@@H](N)CC(=O)O. The maximum atomic E-state index is 11.9. The Morgan fingerprint density at radius 2 is 1.91 bits per heavy atom. The summed E-state index contributed by atoms with van der Waals surface area (Å²) < 4.78 is 4.68. The Morgan fingerprint density at radius 1 is 1.30 bits per heavy atom. The van der Waals surface area contributed by atoms with Gasteiger partial charge in [-0.2, -0.15) is 0 Å². The quantitative estimate of drug-likeness (QED) is 0.423. The summed E-state index contributed by atoms with van der Waals surface area (Å²) in [4.78, 5) is 34.3. The summed E-state index contributed by atoms with van der Waals surface area (Å²) >= 11 is 0. The topological polar surface area (TPSA) is 119 Å². The number of hydrogen-bond acceptors (Lipinski definition) is 5. The summed E-state index contributed by atoms with van der Waals surface area (Å²) in [6.45, 7) is 4.23. The van der Waals surface area contributed by atoms with E-state index in [0.717, 1.165) is 0 Å². The Balaban J connectivity index is 2.74. The number of carbonyl (C=O) groups excluding carboxylic acids is 2. The molecule has 0 spiro atoms. The molecule has 1 fully saturated rings. The molecule has 4 N–H and O–H groups in total. The molecule has 0 saturated heterocycles. The third-order valence-electron chi connectivity index (χ3n) is 3.95. The summed E-state index contributed by atoms with van der Waals surface area (Å²) in [6.07, 6.45) is 5.39. The van der Waals surface area contributed by atoms with Crippen LogP contribution in [0.3, 0.4) is 0 Å². The van der Waals surface area contributed by atoms with E-state index in [1.165, 1.54) is 20.0 Å². The average Bonchev–Trinajstić information content (AvgIpc) is 3.28. The molecule has 23 heavy (non-hydrogen) atoms. The van der Waals surface area contributed by atoms with Crippen LogP contribution in [0.5, 0.6) is 0 Å². The van der Waals surface area contributed by atoms with Crippen molar-refractivity contribution in [3.8, 4) is 0 Å². The standard InChI is InChI=1S/C16H26N2O5/c1-9(2)11(10-4-5-10)6-7-13(16(22)23-3)18-15(21)12(17)8-14(19)20/h6-7,9-13H,4-5,8,17H2,1-3H3,(H,18,21)(H,19,20)/t11?,12-,13?/m0/s1. The van der Waals surface area contributed by atoms with Crippen molar-refractivity contribution < 1.29 is 24.2 Å². The monoisotopic (exact) mass is 326 g/mol. The first kappa shape index (κ1) is 19.2. The zero-order valence-electron chi connectivity index (χ0n) is 13.8. The minimum absolute atomic E-state index is 0.340. The molecule has 1 saturated carbocycles. The Labute approximate surface area is 136 Å². The van der Waals surface area contributed by atoms with Crippen LogP contribution in [0.2, 0.25) is 0 Å². The number of nitrogens with two attached hydrogens (primary N) is 1. The minimum Gasteiger partial charge on any atom is -0.481 e. The number of allylic oxidation sites excluding steroid dienone is 1. The first-order chi connectivity index (χ1) is 10.8. The van der Waals surface area contributed by atoms with Gasteiger partial charge < -0.3 is 20.9 Å². The van der Waals surface area contributed by atoms with Gasteiger partial charge in [0.25, 0.3) is 0 Å². The molecule has 0 heterocycles. The van der Waals surface area contributed by atoms with Crippen LogP contribution < -0.4 is 11.1 Å². The lowest BCUT2D eigenvalue weighted by Crippen LogP contribution is -2.48. The molecule has 1 aliphatic rings. The number of nitrogens with one attached hydrogen (secondary N) is 1. The van der Waals surface area contributed by atoms with E-state index in [-0.39, 0.29) is 0 Å². The predicted octanol–water partition coefficient (Wildman–Crippen LogP) is 0.685. The molecule has 3 atom stereocenters. The van der Waals surface area contributed by atoms with Gasteiger partial charge in [0, 0.05) is 0 Å². The summed E-state index contributed by atoms with van der Waals surface area (Å²) in [5.41, 5.74) is 5.50. The van der Waals surface area contributed by atoms with Crippen LogP contribution in [-0.2, 0) is 19.1 Å². The summed E-state index contributed by atoms with van der Waals surface area (Å²) in [7, 11) is 1.23. The molecule has 0 aromatic rings. The fraction of sp³-hybridized carbons (Fsp3) is 0.688. The van der Waals surface area contributed by atoms with Gasteiger partial charge in [-0.1, -0.05) is 26.0 Å². The van der Waals surface area contributed by atoms with Gasteiger partial charge in [0.2, 0.25) is 5.91 Å². The van der Waals surface area contributed by atoms with Gasteiger partial charge in [-0.3, -0.25) is 9.59 Å². The van der Waals surface area contributed by atoms with E-state index in [2.05, 4.69) is 23.9 Å². The smallest absolute Gasteiger partial charge is 0.332 e. The van der Waals surface area contributed by atoms with Crippen molar-refractivity contribution in [1.29, 1.82) is 0 Å². The van der Waals surface area contributed by atoms with Gasteiger partial charge in [-0.15, -0.1) is 0 Å². The zero-order chi connectivity index (χ0) is 17.6. The van der Waals surface area contributed by atoms with Gasteiger partial charge in [0.05, 0.1) is 19.6 Å². The molecule has 0 radical (unpaired) electrons. The van der Waals surface area contributed by atoms with Crippen LogP contribution in [0, 0.1) is 17.8 Å². The van der Waals surface area contributed by atoms with Crippen molar-refractivity contribution in [2.24, 2.45) is 23.5 Å². The van der Waals surface area contributed by atoms with Crippen molar-refractivity contribution in [2.75, 3.05) is 7.11 Å². The number of amides is 1. The van der Waals surface area contributed by atoms with Gasteiger partial charge in [0.1, 0.15) is 6.04 Å². The second-order valence-electron chi connectivity index (χ2n) is 6.26. The summed E-state index contributed by atoms with van der Waals surface area (Å²) in [6, 6.07) is -2.18. The van der Waals surface area contributed by atoms with Crippen LogP contribution >= 0.6 is 0 Å². The maximum Gasteiger partial charge on any atom is 0.332 e. The highest BCUT2D eigenvalue weighted by Crippen LogP contribution is 2.41. The van der Waals surface area contributed by atoms with E-state index in [0.29, 0.717) is 17.8 Å². The number of carboxylic acid groups (broad SMARTS) is 1. The van der Waals surface area contributed by atoms with E-state index >= 15 is 0 Å². The van der Waals surface area contributed by atoms with Crippen LogP contribution in [-0.4, -0.2) is 42.1 Å². The molecule has 0 aliphatic heterocycles. The van der Waals surface area contributed by atoms with E-state index in [9.17, 15) is 14.4 Å². The minimum atomic E-state index is -1.21. The Kier molecular flexibility index (Phi) is 7.22. The number of methoxy groups -OCH3 is 1. The molecule has 1 aliphatic carbocycles. The highest BCUT2D eigenvalue weighted by atomic mass is 16.5. The van der Waals surface area contributed by atoms with Crippen molar-refractivity contribution in [3.05, 3.63) is 12.2 Å². The van der Waals surface area contributed by atoms with Crippen LogP contribution in [0.25, 0.3) is 0 Å². The van der Waals surface area contributed by atoms with Crippen LogP contribution in [0.4, 0.5) is 0 Å². The molecule has 130 valence electrons. The third-order valence-corrected chi connectivity index (χ3v) is 3.95. The lowest BCUT2D eigenvalue weighted by molar-refractivity contribution is -0.144. The molecule has 1 amide bonds. The van der Waals surface area contributed by atoms with Gasteiger partial charge in [0.15, 0.2) is 0 Å². The Bertz CT molecular complexity index is 469. The molecular weight excluding hydrogens is 300 g/mol. The normalized spacial score (nSPS) is 18.5. The van der Waals surface area contributed by atoms with Crippen molar-refractivity contribution in [1.82, 2.24) is 5.32 Å². The fourth-order valence-electron chi connectivity index (χ4n) is 2.50. The maximum absolute atomic E-state index is 11.9. The van der Waals surface area contributed by atoms with Crippen LogP contribution in [0.15, 0.2) is 12.2 Å². The van der Waals surface area contributed by atoms with Gasteiger partial charge in [-0.05, 0) is 30.6 Å². The fourth-order valence-corrected chi connectivity index (χ4v) is 2.50. The highest BCUT2D eigenvalue weighted by Gasteiger charge is 2.32. The third kappa shape index (κ3) is 6.40. The molecule has 0 aromatic carbocycles. The molecule has 0 bridgehead atoms. The molecule has 1 rings (SSSR count). The number of ether oxygens (including phenoxy) is 1. The number of esters is 1. The number of carbonyl (C=O) groups is 3. The lowest BCUT2D eigenvalue weighted by atomic mass is 9.90. The lowest BCUT2D eigenvalue weighted by Gasteiger charge is -2.19. The second-order valence-corrected chi connectivity index (χ2v) is 6.26. The largest absolute Gasteiger partial charge is 0.481 e. The average molecular weight is 326 g/mol. The first-order valence-corrected chi connectivity index (χ1v) is 7.80. The second kappa shape index (κ2) is 8.67. The van der Waals surface area contributed by atoms with Gasteiger partial charge >= 0.3 is 11.9 Å². The van der Waals surface area contributed by atoms with Crippen LogP contribution in [0.1, 0.15) is 33.1 Å². The molecular formula is C16H26N2O5. The number of rotatable bonds is 9. The van der Waals surface area contributed by atoms with Gasteiger partial charge in [-0.25, -0.2) is 4.79 Å². The molecule has 0 aromatic heterocycles. The summed E-state index contributed by atoms with van der Waals surface area (Å²) in [5, 5.41) is 11.1. The highest BCUT2D eigenvalue weighted by molar-refractivity contribution is 5.90. The van der Waals surface area contributed by atoms with E-state index in [1.54, 1.807) is 6.08 Å². The molecule has 7 heteroatoms. The van der Waals surface area contributed by atoms with Crippen molar-refractivity contribution in [2.45, 2.75) is 45.2 Å². The van der Waals surface area contributed by atoms with Crippen molar-refractivity contribution >= 4 is 17.8 Å². The zero-order valence-corrected chi connectivity index (χ0v) is 13.8. The van der Waals surface area contributed by atoms with Crippen molar-refractivity contribution in [3.63, 3.8) is 0 Å². The first-order valence-electron chi connectivity index (χ1n) is 7.80. The summed E-state index contributed by atoms with van der Waals surface area (Å²) in [5.74, 6) is -1.09. The molecule has 2 unspecified atom stereocenters. The Hall–Kier alpha value is -1.89.